The molecule has 1 aliphatic heterocycles. The van der Waals surface area contributed by atoms with Crippen molar-refractivity contribution in [2.45, 2.75) is 6.42 Å². The van der Waals surface area contributed by atoms with Crippen LogP contribution in [0.2, 0.25) is 0 Å². The number of carboxylic acids is 1. The molecule has 1 unspecified atom stereocenters. The Balaban J connectivity index is 2.62. The van der Waals surface area contributed by atoms with Crippen molar-refractivity contribution in [2.75, 3.05) is 25.4 Å². The van der Waals surface area contributed by atoms with E-state index in [0.717, 1.165) is 6.42 Å². The van der Waals surface area contributed by atoms with Gasteiger partial charge in [0.05, 0.1) is 0 Å². The number of rotatable bonds is 4. The van der Waals surface area contributed by atoms with E-state index in [1.807, 2.05) is 0 Å². The first-order valence-corrected chi connectivity index (χ1v) is 5.96. The minimum absolute atomic E-state index is 0.165. The molecular weight excluding hydrogens is 208 g/mol. The van der Waals surface area contributed by atoms with E-state index >= 15 is 0 Å². The molecule has 0 spiro atoms. The smallest absolute Gasteiger partial charge is 0.320 e. The minimum atomic E-state index is -3.62. The van der Waals surface area contributed by atoms with Gasteiger partial charge < -0.3 is 10.8 Å². The summed E-state index contributed by atoms with van der Waals surface area (Å²) in [6.07, 6.45) is 0.718. The van der Waals surface area contributed by atoms with Crippen molar-refractivity contribution in [1.29, 1.82) is 0 Å². The number of carboxylic acid groups (broad SMARTS) is 1. The molecule has 82 valence electrons. The van der Waals surface area contributed by atoms with E-state index in [2.05, 4.69) is 0 Å². The van der Waals surface area contributed by atoms with E-state index in [0.29, 0.717) is 19.6 Å². The summed E-state index contributed by atoms with van der Waals surface area (Å²) in [5.74, 6) is -1.98. The summed E-state index contributed by atoms with van der Waals surface area (Å²) in [5.41, 5.74) is 5.40. The molecule has 0 aliphatic carbocycles. The van der Waals surface area contributed by atoms with Crippen LogP contribution in [0.25, 0.3) is 0 Å². The lowest BCUT2D eigenvalue weighted by Gasteiger charge is -2.14. The lowest BCUT2D eigenvalue weighted by Crippen LogP contribution is -2.34. The molecule has 0 bridgehead atoms. The molecule has 3 N–H and O–H groups in total. The van der Waals surface area contributed by atoms with Crippen molar-refractivity contribution in [3.63, 3.8) is 0 Å². The maximum atomic E-state index is 11.4. The van der Waals surface area contributed by atoms with Gasteiger partial charge in [-0.05, 0) is 18.9 Å². The largest absolute Gasteiger partial charge is 0.480 e. The highest BCUT2D eigenvalue weighted by molar-refractivity contribution is 7.89. The number of hydrogen-bond donors (Lipinski definition) is 2. The van der Waals surface area contributed by atoms with Crippen LogP contribution < -0.4 is 5.73 Å². The Morgan fingerprint density at radius 1 is 1.57 bits per heavy atom. The fraction of sp³-hybridized carbons (Fsp3) is 0.857. The molecule has 0 radical (unpaired) electrons. The first-order valence-electron chi connectivity index (χ1n) is 4.35. The molecule has 7 heteroatoms. The summed E-state index contributed by atoms with van der Waals surface area (Å²) in [6.45, 7) is 1.18. The van der Waals surface area contributed by atoms with Gasteiger partial charge in [-0.1, -0.05) is 0 Å². The Bertz CT molecular complexity index is 314. The van der Waals surface area contributed by atoms with E-state index in [4.69, 9.17) is 10.8 Å². The summed E-state index contributed by atoms with van der Waals surface area (Å²) in [4.78, 5) is 10.3. The zero-order chi connectivity index (χ0) is 10.8. The molecule has 0 saturated carbocycles. The molecule has 0 aromatic carbocycles. The monoisotopic (exact) mass is 222 g/mol. The number of carbonyl (C=O) groups is 1. The number of hydrogen-bond acceptors (Lipinski definition) is 4. The van der Waals surface area contributed by atoms with Crippen LogP contribution in [0.1, 0.15) is 6.42 Å². The molecule has 1 heterocycles. The van der Waals surface area contributed by atoms with Crippen LogP contribution in [0, 0.1) is 5.92 Å². The second-order valence-electron chi connectivity index (χ2n) is 3.40. The molecule has 0 aromatic heterocycles. The quantitative estimate of drug-likeness (QED) is 0.614. The van der Waals surface area contributed by atoms with Gasteiger partial charge in [0.25, 0.3) is 0 Å². The van der Waals surface area contributed by atoms with Crippen molar-refractivity contribution in [3.8, 4) is 0 Å². The zero-order valence-corrected chi connectivity index (χ0v) is 8.53. The molecule has 0 amide bonds. The molecule has 0 aromatic rings. The Labute approximate surface area is 82.7 Å². The van der Waals surface area contributed by atoms with Gasteiger partial charge in [0.15, 0.2) is 5.75 Å². The van der Waals surface area contributed by atoms with Crippen LogP contribution in [0.4, 0.5) is 0 Å². The zero-order valence-electron chi connectivity index (χ0n) is 7.72. The first kappa shape index (κ1) is 11.4. The average Bonchev–Trinajstić information content (AvgIpc) is 2.49. The molecule has 1 aliphatic rings. The van der Waals surface area contributed by atoms with E-state index in [-0.39, 0.29) is 5.92 Å². The maximum Gasteiger partial charge on any atom is 0.320 e. The van der Waals surface area contributed by atoms with Crippen molar-refractivity contribution < 1.29 is 18.3 Å². The predicted octanol–water partition coefficient (Wildman–Crippen LogP) is -1.32. The molecule has 1 saturated heterocycles. The molecule has 1 fully saturated rings. The number of nitrogens with zero attached hydrogens (tertiary/aromatic N) is 1. The standard InChI is InChI=1S/C7H14N2O4S/c8-3-6-1-2-9(4-6)14(12,13)5-7(10)11/h6H,1-5,8H2,(H,10,11). The Morgan fingerprint density at radius 2 is 2.21 bits per heavy atom. The van der Waals surface area contributed by atoms with Gasteiger partial charge in [0.2, 0.25) is 10.0 Å². The topological polar surface area (TPSA) is 101 Å². The highest BCUT2D eigenvalue weighted by atomic mass is 32.2. The molecule has 1 atom stereocenters. The molecule has 14 heavy (non-hydrogen) atoms. The fourth-order valence-corrected chi connectivity index (χ4v) is 2.81. The van der Waals surface area contributed by atoms with Gasteiger partial charge in [0, 0.05) is 13.1 Å². The van der Waals surface area contributed by atoms with Crippen LogP contribution in [0.5, 0.6) is 0 Å². The fourth-order valence-electron chi connectivity index (χ4n) is 1.49. The first-order chi connectivity index (χ1) is 6.45. The SMILES string of the molecule is NCC1CCN(S(=O)(=O)CC(=O)O)C1. The van der Waals surface area contributed by atoms with Gasteiger partial charge >= 0.3 is 5.97 Å². The average molecular weight is 222 g/mol. The Kier molecular flexibility index (Phi) is 3.46. The Morgan fingerprint density at radius 3 is 2.64 bits per heavy atom. The van der Waals surface area contributed by atoms with Crippen molar-refractivity contribution >= 4 is 16.0 Å². The number of sulfonamides is 1. The third kappa shape index (κ3) is 2.66. The highest BCUT2D eigenvalue weighted by Gasteiger charge is 2.31. The van der Waals surface area contributed by atoms with Crippen LogP contribution in [-0.2, 0) is 14.8 Å². The van der Waals surface area contributed by atoms with Gasteiger partial charge in [-0.3, -0.25) is 4.79 Å². The maximum absolute atomic E-state index is 11.4. The highest BCUT2D eigenvalue weighted by Crippen LogP contribution is 2.18. The van der Waals surface area contributed by atoms with Crippen LogP contribution in [-0.4, -0.2) is 49.2 Å². The van der Waals surface area contributed by atoms with Crippen molar-refractivity contribution in [3.05, 3.63) is 0 Å². The van der Waals surface area contributed by atoms with E-state index in [1.165, 1.54) is 4.31 Å². The summed E-state index contributed by atoms with van der Waals surface area (Å²) in [5, 5.41) is 8.40. The summed E-state index contributed by atoms with van der Waals surface area (Å²) in [6, 6.07) is 0. The minimum Gasteiger partial charge on any atom is -0.480 e. The normalized spacial score (nSPS) is 23.9. The third-order valence-corrected chi connectivity index (χ3v) is 4.01. The number of aliphatic carboxylic acids is 1. The van der Waals surface area contributed by atoms with Crippen molar-refractivity contribution in [2.24, 2.45) is 11.7 Å². The van der Waals surface area contributed by atoms with Gasteiger partial charge in [0.1, 0.15) is 0 Å². The molecular formula is C7H14N2O4S. The lowest BCUT2D eigenvalue weighted by atomic mass is 10.1. The van der Waals surface area contributed by atoms with Crippen molar-refractivity contribution in [1.82, 2.24) is 4.31 Å². The van der Waals surface area contributed by atoms with Gasteiger partial charge in [-0.25, -0.2) is 12.7 Å². The van der Waals surface area contributed by atoms with E-state index < -0.39 is 21.7 Å². The van der Waals surface area contributed by atoms with Gasteiger partial charge in [-0.2, -0.15) is 0 Å². The van der Waals surface area contributed by atoms with Crippen LogP contribution in [0.15, 0.2) is 0 Å². The molecule has 1 rings (SSSR count). The second-order valence-corrected chi connectivity index (χ2v) is 5.37. The van der Waals surface area contributed by atoms with E-state index in [9.17, 15) is 13.2 Å². The lowest BCUT2D eigenvalue weighted by molar-refractivity contribution is -0.134. The van der Waals surface area contributed by atoms with E-state index in [1.54, 1.807) is 0 Å². The number of nitrogens with two attached hydrogens (primary N) is 1. The van der Waals surface area contributed by atoms with Gasteiger partial charge in [-0.15, -0.1) is 0 Å². The molecule has 6 nitrogen and oxygen atoms in total. The van der Waals surface area contributed by atoms with Crippen LogP contribution >= 0.6 is 0 Å². The van der Waals surface area contributed by atoms with Crippen LogP contribution in [0.3, 0.4) is 0 Å². The Hall–Kier alpha value is -0.660. The second kappa shape index (κ2) is 4.24. The summed E-state index contributed by atoms with van der Waals surface area (Å²) in [7, 11) is -3.62. The summed E-state index contributed by atoms with van der Waals surface area (Å²) >= 11 is 0. The predicted molar refractivity (Wildman–Crippen MR) is 50.2 cm³/mol. The third-order valence-electron chi connectivity index (χ3n) is 2.28. The summed E-state index contributed by atoms with van der Waals surface area (Å²) < 4.78 is 24.0.